The highest BCUT2D eigenvalue weighted by molar-refractivity contribution is 6.44. The number of benzene rings is 2. The second-order valence-corrected chi connectivity index (χ2v) is 7.03. The van der Waals surface area contributed by atoms with Crippen LogP contribution in [-0.4, -0.2) is 36.3 Å². The predicted octanol–water partition coefficient (Wildman–Crippen LogP) is 4.45. The molecule has 0 saturated heterocycles. The first-order chi connectivity index (χ1) is 12.8. The molecule has 2 aromatic carbocycles. The molecule has 27 heavy (non-hydrogen) atoms. The molecule has 0 spiro atoms. The number of anilines is 2. The highest BCUT2D eigenvalue weighted by Gasteiger charge is 2.21. The van der Waals surface area contributed by atoms with Gasteiger partial charge >= 0.3 is 0 Å². The fraction of sp³-hybridized carbons (Fsp3) is 0.300. The molecule has 2 N–H and O–H groups in total. The van der Waals surface area contributed by atoms with Gasteiger partial charge in [0, 0.05) is 5.69 Å². The molecule has 2 amide bonds. The molecule has 0 aliphatic rings. The number of rotatable bonds is 7. The van der Waals surface area contributed by atoms with Crippen LogP contribution in [0.15, 0.2) is 42.5 Å². The molecule has 0 fully saturated rings. The lowest BCUT2D eigenvalue weighted by Crippen LogP contribution is -2.43. The van der Waals surface area contributed by atoms with Gasteiger partial charge in [-0.1, -0.05) is 54.4 Å². The normalized spacial score (nSPS) is 11.9. The van der Waals surface area contributed by atoms with Crippen molar-refractivity contribution < 1.29 is 9.59 Å². The largest absolute Gasteiger partial charge is 0.325 e. The van der Waals surface area contributed by atoms with Gasteiger partial charge in [-0.05, 0) is 44.2 Å². The molecule has 0 aliphatic carbocycles. The minimum absolute atomic E-state index is 0.0793. The van der Waals surface area contributed by atoms with E-state index in [0.29, 0.717) is 10.7 Å². The van der Waals surface area contributed by atoms with Gasteiger partial charge in [0.05, 0.1) is 28.3 Å². The molecule has 0 saturated carbocycles. The molecule has 2 aromatic rings. The third-order valence-corrected chi connectivity index (χ3v) is 5.13. The van der Waals surface area contributed by atoms with Crippen LogP contribution < -0.4 is 10.6 Å². The fourth-order valence-electron chi connectivity index (χ4n) is 2.54. The second-order valence-electron chi connectivity index (χ2n) is 6.24. The Labute approximate surface area is 169 Å². The Balaban J connectivity index is 1.95. The highest BCUT2D eigenvalue weighted by Crippen LogP contribution is 2.29. The maximum absolute atomic E-state index is 12.5. The summed E-state index contributed by atoms with van der Waals surface area (Å²) in [6.45, 7) is 3.83. The van der Waals surface area contributed by atoms with E-state index in [0.717, 1.165) is 17.7 Å². The van der Waals surface area contributed by atoms with Gasteiger partial charge in [0.25, 0.3) is 0 Å². The highest BCUT2D eigenvalue weighted by atomic mass is 35.5. The summed E-state index contributed by atoms with van der Waals surface area (Å²) in [6.07, 6.45) is 0.825. The average molecular weight is 408 g/mol. The molecule has 7 heteroatoms. The zero-order valence-corrected chi connectivity index (χ0v) is 17.1. The average Bonchev–Trinajstić information content (AvgIpc) is 2.65. The smallest absolute Gasteiger partial charge is 0.241 e. The van der Waals surface area contributed by atoms with Crippen LogP contribution in [0.25, 0.3) is 0 Å². The Morgan fingerprint density at radius 2 is 1.70 bits per heavy atom. The lowest BCUT2D eigenvalue weighted by atomic mass is 10.1. The third kappa shape index (κ3) is 5.70. The Hall–Kier alpha value is -2.08. The molecule has 0 radical (unpaired) electrons. The number of carbonyl (C=O) groups is 2. The molecule has 2 rings (SSSR count). The molecule has 144 valence electrons. The van der Waals surface area contributed by atoms with Crippen molar-refractivity contribution in [1.82, 2.24) is 4.90 Å². The van der Waals surface area contributed by atoms with Crippen molar-refractivity contribution in [2.24, 2.45) is 0 Å². The Bertz CT molecular complexity index is 827. The molecule has 0 aliphatic heterocycles. The summed E-state index contributed by atoms with van der Waals surface area (Å²) in [5.41, 5.74) is 2.30. The minimum Gasteiger partial charge on any atom is -0.325 e. The van der Waals surface area contributed by atoms with E-state index in [9.17, 15) is 9.59 Å². The minimum atomic E-state index is -0.535. The summed E-state index contributed by atoms with van der Waals surface area (Å²) in [4.78, 5) is 26.5. The zero-order chi connectivity index (χ0) is 20.0. The SMILES string of the molecule is CCc1ccccc1NC(=O)CN(C)C(C)C(=O)Nc1cccc(Cl)c1Cl. The lowest BCUT2D eigenvalue weighted by molar-refractivity contribution is -0.122. The van der Waals surface area contributed by atoms with E-state index in [1.165, 1.54) is 0 Å². The Morgan fingerprint density at radius 1 is 1.04 bits per heavy atom. The Morgan fingerprint density at radius 3 is 2.41 bits per heavy atom. The van der Waals surface area contributed by atoms with Crippen LogP contribution in [-0.2, 0) is 16.0 Å². The molecule has 1 atom stereocenters. The van der Waals surface area contributed by atoms with Crippen molar-refractivity contribution in [3.05, 3.63) is 58.1 Å². The van der Waals surface area contributed by atoms with Gasteiger partial charge in [-0.25, -0.2) is 0 Å². The van der Waals surface area contributed by atoms with Crippen LogP contribution in [0.1, 0.15) is 19.4 Å². The van der Waals surface area contributed by atoms with E-state index >= 15 is 0 Å². The van der Waals surface area contributed by atoms with Crippen molar-refractivity contribution in [1.29, 1.82) is 0 Å². The molecule has 0 bridgehead atoms. The maximum Gasteiger partial charge on any atom is 0.241 e. The van der Waals surface area contributed by atoms with E-state index in [-0.39, 0.29) is 23.4 Å². The lowest BCUT2D eigenvalue weighted by Gasteiger charge is -2.23. The number of likely N-dealkylation sites (N-methyl/N-ethyl adjacent to an activating group) is 1. The maximum atomic E-state index is 12.5. The van der Waals surface area contributed by atoms with Crippen LogP contribution in [0.4, 0.5) is 11.4 Å². The van der Waals surface area contributed by atoms with Gasteiger partial charge in [0.2, 0.25) is 11.8 Å². The second kappa shape index (κ2) is 9.74. The first kappa shape index (κ1) is 21.2. The summed E-state index contributed by atoms with van der Waals surface area (Å²) >= 11 is 12.1. The van der Waals surface area contributed by atoms with E-state index in [2.05, 4.69) is 10.6 Å². The van der Waals surface area contributed by atoms with Crippen molar-refractivity contribution in [2.75, 3.05) is 24.2 Å². The topological polar surface area (TPSA) is 61.4 Å². The van der Waals surface area contributed by atoms with Crippen LogP contribution in [0.3, 0.4) is 0 Å². The molecule has 0 heterocycles. The number of hydrogen-bond acceptors (Lipinski definition) is 3. The molecular weight excluding hydrogens is 385 g/mol. The summed E-state index contributed by atoms with van der Waals surface area (Å²) < 4.78 is 0. The number of para-hydroxylation sites is 1. The first-order valence-electron chi connectivity index (χ1n) is 8.66. The van der Waals surface area contributed by atoms with E-state index in [1.54, 1.807) is 37.1 Å². The standard InChI is InChI=1S/C20H23Cl2N3O2/c1-4-14-8-5-6-10-16(14)23-18(26)12-25(3)13(2)20(27)24-17-11-7-9-15(21)19(17)22/h5-11,13H,4,12H2,1-3H3,(H,23,26)(H,24,27). The van der Waals surface area contributed by atoms with Gasteiger partial charge in [-0.2, -0.15) is 0 Å². The van der Waals surface area contributed by atoms with E-state index in [4.69, 9.17) is 23.2 Å². The van der Waals surface area contributed by atoms with Crippen LogP contribution in [0, 0.1) is 0 Å². The third-order valence-electron chi connectivity index (χ3n) is 4.32. The van der Waals surface area contributed by atoms with Gasteiger partial charge in [-0.15, -0.1) is 0 Å². The van der Waals surface area contributed by atoms with Gasteiger partial charge < -0.3 is 10.6 Å². The monoisotopic (exact) mass is 407 g/mol. The van der Waals surface area contributed by atoms with E-state index < -0.39 is 6.04 Å². The van der Waals surface area contributed by atoms with Crippen LogP contribution in [0.5, 0.6) is 0 Å². The van der Waals surface area contributed by atoms with Crippen LogP contribution in [0.2, 0.25) is 10.0 Å². The number of aryl methyl sites for hydroxylation is 1. The quantitative estimate of drug-likeness (QED) is 0.712. The fourth-order valence-corrected chi connectivity index (χ4v) is 2.89. The number of nitrogens with one attached hydrogen (secondary N) is 2. The summed E-state index contributed by atoms with van der Waals surface area (Å²) in [6, 6.07) is 12.2. The van der Waals surface area contributed by atoms with Gasteiger partial charge in [-0.3, -0.25) is 14.5 Å². The van der Waals surface area contributed by atoms with Crippen molar-refractivity contribution >= 4 is 46.4 Å². The first-order valence-corrected chi connectivity index (χ1v) is 9.42. The van der Waals surface area contributed by atoms with Crippen molar-refractivity contribution in [3.8, 4) is 0 Å². The number of hydrogen-bond donors (Lipinski definition) is 2. The summed E-state index contributed by atoms with van der Waals surface area (Å²) in [7, 11) is 1.72. The zero-order valence-electron chi connectivity index (χ0n) is 15.6. The predicted molar refractivity (Wildman–Crippen MR) is 112 cm³/mol. The van der Waals surface area contributed by atoms with Gasteiger partial charge in [0.1, 0.15) is 0 Å². The van der Waals surface area contributed by atoms with E-state index in [1.807, 2.05) is 31.2 Å². The number of carbonyl (C=O) groups excluding carboxylic acids is 2. The summed E-state index contributed by atoms with van der Waals surface area (Å²) in [5.74, 6) is -0.456. The number of amides is 2. The van der Waals surface area contributed by atoms with Crippen molar-refractivity contribution in [3.63, 3.8) is 0 Å². The number of halogens is 2. The van der Waals surface area contributed by atoms with Gasteiger partial charge in [0.15, 0.2) is 0 Å². The van der Waals surface area contributed by atoms with Crippen LogP contribution >= 0.6 is 23.2 Å². The molecule has 1 unspecified atom stereocenters. The summed E-state index contributed by atoms with van der Waals surface area (Å²) in [5, 5.41) is 6.30. The molecule has 0 aromatic heterocycles. The number of nitrogens with zero attached hydrogens (tertiary/aromatic N) is 1. The van der Waals surface area contributed by atoms with Crippen molar-refractivity contribution in [2.45, 2.75) is 26.3 Å². The molecule has 5 nitrogen and oxygen atoms in total. The molecular formula is C20H23Cl2N3O2. The Kier molecular flexibility index (Phi) is 7.66.